The molecule has 0 aliphatic heterocycles. The summed E-state index contributed by atoms with van der Waals surface area (Å²) in [6.07, 6.45) is 0.510. The SMILES string of the molecule is Cc1ccc(-c2ccc(CNc3cccc(NC(=O)CC(C)C)c3)o2)cc1Cl. The van der Waals surface area contributed by atoms with E-state index in [1.165, 1.54) is 0 Å². The van der Waals surface area contributed by atoms with Crippen LogP contribution in [0.4, 0.5) is 11.4 Å². The van der Waals surface area contributed by atoms with E-state index in [0.717, 1.165) is 39.0 Å². The zero-order valence-corrected chi connectivity index (χ0v) is 17.1. The number of nitrogens with one attached hydrogen (secondary N) is 2. The van der Waals surface area contributed by atoms with E-state index in [1.807, 2.05) is 75.4 Å². The minimum absolute atomic E-state index is 0.0274. The molecule has 0 saturated heterocycles. The Labute approximate surface area is 170 Å². The average molecular weight is 397 g/mol. The predicted molar refractivity (Wildman–Crippen MR) is 116 cm³/mol. The van der Waals surface area contributed by atoms with Crippen molar-refractivity contribution in [2.75, 3.05) is 10.6 Å². The maximum Gasteiger partial charge on any atom is 0.224 e. The topological polar surface area (TPSA) is 54.3 Å². The van der Waals surface area contributed by atoms with Gasteiger partial charge in [-0.05, 0) is 54.8 Å². The number of aryl methyl sites for hydroxylation is 1. The molecule has 0 aliphatic rings. The molecular formula is C23H25ClN2O2. The lowest BCUT2D eigenvalue weighted by molar-refractivity contribution is -0.116. The highest BCUT2D eigenvalue weighted by molar-refractivity contribution is 6.31. The van der Waals surface area contributed by atoms with Gasteiger partial charge in [0, 0.05) is 28.4 Å². The van der Waals surface area contributed by atoms with Crippen molar-refractivity contribution in [3.8, 4) is 11.3 Å². The second kappa shape index (κ2) is 8.98. The van der Waals surface area contributed by atoms with Crippen LogP contribution in [0.2, 0.25) is 5.02 Å². The zero-order chi connectivity index (χ0) is 20.1. The number of hydrogen-bond donors (Lipinski definition) is 2. The van der Waals surface area contributed by atoms with E-state index in [1.54, 1.807) is 0 Å². The number of carbonyl (C=O) groups is 1. The normalized spacial score (nSPS) is 10.9. The fourth-order valence-corrected chi connectivity index (χ4v) is 3.03. The number of amides is 1. The van der Waals surface area contributed by atoms with Crippen LogP contribution in [0.15, 0.2) is 59.0 Å². The Morgan fingerprint density at radius 2 is 1.86 bits per heavy atom. The lowest BCUT2D eigenvalue weighted by atomic mass is 10.1. The zero-order valence-electron chi connectivity index (χ0n) is 16.4. The quantitative estimate of drug-likeness (QED) is 0.478. The molecule has 28 heavy (non-hydrogen) atoms. The smallest absolute Gasteiger partial charge is 0.224 e. The molecule has 146 valence electrons. The fourth-order valence-electron chi connectivity index (χ4n) is 2.85. The van der Waals surface area contributed by atoms with Gasteiger partial charge >= 0.3 is 0 Å². The number of benzene rings is 2. The molecule has 0 unspecified atom stereocenters. The van der Waals surface area contributed by atoms with Gasteiger partial charge in [-0.25, -0.2) is 0 Å². The van der Waals surface area contributed by atoms with Crippen LogP contribution in [0.3, 0.4) is 0 Å². The number of carbonyl (C=O) groups excluding carboxylic acids is 1. The van der Waals surface area contributed by atoms with Crippen LogP contribution in [0, 0.1) is 12.8 Å². The number of halogens is 1. The van der Waals surface area contributed by atoms with Gasteiger partial charge < -0.3 is 15.1 Å². The van der Waals surface area contributed by atoms with E-state index < -0.39 is 0 Å². The third kappa shape index (κ3) is 5.40. The van der Waals surface area contributed by atoms with Crippen molar-refractivity contribution >= 4 is 28.9 Å². The van der Waals surface area contributed by atoms with E-state index >= 15 is 0 Å². The van der Waals surface area contributed by atoms with E-state index in [2.05, 4.69) is 10.6 Å². The summed E-state index contributed by atoms with van der Waals surface area (Å²) in [6.45, 7) is 6.57. The first-order chi connectivity index (χ1) is 13.4. The Morgan fingerprint density at radius 1 is 1.07 bits per heavy atom. The van der Waals surface area contributed by atoms with Crippen LogP contribution in [-0.4, -0.2) is 5.91 Å². The van der Waals surface area contributed by atoms with Gasteiger partial charge in [-0.2, -0.15) is 0 Å². The highest BCUT2D eigenvalue weighted by atomic mass is 35.5. The highest BCUT2D eigenvalue weighted by Crippen LogP contribution is 2.27. The Hall–Kier alpha value is -2.72. The Bertz CT molecular complexity index is 963. The molecule has 2 aromatic carbocycles. The first-order valence-electron chi connectivity index (χ1n) is 9.40. The Balaban J connectivity index is 1.62. The molecule has 0 aliphatic carbocycles. The average Bonchev–Trinajstić information content (AvgIpc) is 3.11. The molecule has 1 aromatic heterocycles. The maximum atomic E-state index is 11.9. The fraction of sp³-hybridized carbons (Fsp3) is 0.261. The summed E-state index contributed by atoms with van der Waals surface area (Å²) in [4.78, 5) is 11.9. The second-order valence-corrected chi connectivity index (χ2v) is 7.72. The molecule has 2 N–H and O–H groups in total. The second-order valence-electron chi connectivity index (χ2n) is 7.31. The van der Waals surface area contributed by atoms with E-state index in [-0.39, 0.29) is 5.91 Å². The van der Waals surface area contributed by atoms with Crippen molar-refractivity contribution in [3.63, 3.8) is 0 Å². The van der Waals surface area contributed by atoms with Crippen LogP contribution in [0.25, 0.3) is 11.3 Å². The summed E-state index contributed by atoms with van der Waals surface area (Å²) in [5.74, 6) is 1.96. The van der Waals surface area contributed by atoms with Crippen LogP contribution in [-0.2, 0) is 11.3 Å². The lowest BCUT2D eigenvalue weighted by Gasteiger charge is -2.10. The number of furan rings is 1. The van der Waals surface area contributed by atoms with E-state index in [9.17, 15) is 4.79 Å². The van der Waals surface area contributed by atoms with Crippen LogP contribution in [0.1, 0.15) is 31.6 Å². The van der Waals surface area contributed by atoms with Gasteiger partial charge in [0.2, 0.25) is 5.91 Å². The van der Waals surface area contributed by atoms with Crippen molar-refractivity contribution in [1.29, 1.82) is 0 Å². The third-order valence-electron chi connectivity index (χ3n) is 4.32. The molecular weight excluding hydrogens is 372 g/mol. The standard InChI is InChI=1S/C23H25ClN2O2/c1-15(2)11-23(27)26-19-6-4-5-18(13-19)25-14-20-9-10-22(28-20)17-8-7-16(3)21(24)12-17/h4-10,12-13,15,25H,11,14H2,1-3H3,(H,26,27). The molecule has 1 amide bonds. The molecule has 0 atom stereocenters. The van der Waals surface area contributed by atoms with Crippen LogP contribution in [0.5, 0.6) is 0 Å². The predicted octanol–water partition coefficient (Wildman–Crippen LogP) is 6.51. The van der Waals surface area contributed by atoms with Gasteiger partial charge in [0.05, 0.1) is 6.54 Å². The molecule has 1 heterocycles. The summed E-state index contributed by atoms with van der Waals surface area (Å²) in [6, 6.07) is 17.5. The van der Waals surface area contributed by atoms with Gasteiger partial charge in [0.1, 0.15) is 11.5 Å². The molecule has 0 fully saturated rings. The molecule has 0 saturated carbocycles. The van der Waals surface area contributed by atoms with Gasteiger partial charge in [-0.1, -0.05) is 43.6 Å². The minimum atomic E-state index is 0.0274. The largest absolute Gasteiger partial charge is 0.459 e. The summed E-state index contributed by atoms with van der Waals surface area (Å²) in [5.41, 5.74) is 3.69. The van der Waals surface area contributed by atoms with E-state index in [0.29, 0.717) is 18.9 Å². The lowest BCUT2D eigenvalue weighted by Crippen LogP contribution is -2.13. The molecule has 3 rings (SSSR count). The highest BCUT2D eigenvalue weighted by Gasteiger charge is 2.08. The Morgan fingerprint density at radius 3 is 2.61 bits per heavy atom. The first kappa shape index (κ1) is 20.0. The first-order valence-corrected chi connectivity index (χ1v) is 9.77. The van der Waals surface area contributed by atoms with Gasteiger partial charge in [-0.15, -0.1) is 0 Å². The summed E-state index contributed by atoms with van der Waals surface area (Å²) >= 11 is 6.21. The number of rotatable bonds is 7. The van der Waals surface area contributed by atoms with Crippen molar-refractivity contribution in [3.05, 3.63) is 70.9 Å². The number of anilines is 2. The summed E-state index contributed by atoms with van der Waals surface area (Å²) in [5, 5.41) is 6.99. The van der Waals surface area contributed by atoms with Crippen molar-refractivity contribution in [1.82, 2.24) is 0 Å². The summed E-state index contributed by atoms with van der Waals surface area (Å²) < 4.78 is 5.93. The van der Waals surface area contributed by atoms with Crippen LogP contribution >= 0.6 is 11.6 Å². The molecule has 5 heteroatoms. The molecule has 0 spiro atoms. The maximum absolute atomic E-state index is 11.9. The Kier molecular flexibility index (Phi) is 6.42. The van der Waals surface area contributed by atoms with Gasteiger partial charge in [-0.3, -0.25) is 4.79 Å². The van der Waals surface area contributed by atoms with Crippen molar-refractivity contribution in [2.45, 2.75) is 33.7 Å². The molecule has 0 radical (unpaired) electrons. The van der Waals surface area contributed by atoms with Gasteiger partial charge in [0.15, 0.2) is 0 Å². The number of hydrogen-bond acceptors (Lipinski definition) is 3. The third-order valence-corrected chi connectivity index (χ3v) is 4.73. The van der Waals surface area contributed by atoms with Gasteiger partial charge in [0.25, 0.3) is 0 Å². The molecule has 3 aromatic rings. The van der Waals surface area contributed by atoms with Crippen molar-refractivity contribution in [2.24, 2.45) is 5.92 Å². The van der Waals surface area contributed by atoms with Crippen molar-refractivity contribution < 1.29 is 9.21 Å². The molecule has 4 nitrogen and oxygen atoms in total. The molecule has 0 bridgehead atoms. The van der Waals surface area contributed by atoms with E-state index in [4.69, 9.17) is 16.0 Å². The monoisotopic (exact) mass is 396 g/mol. The van der Waals surface area contributed by atoms with Crippen LogP contribution < -0.4 is 10.6 Å². The minimum Gasteiger partial charge on any atom is -0.459 e. The summed E-state index contributed by atoms with van der Waals surface area (Å²) in [7, 11) is 0.